The van der Waals surface area contributed by atoms with E-state index >= 15 is 0 Å². The molecule has 0 heterocycles. The second-order valence-electron chi connectivity index (χ2n) is 6.93. The number of rotatable bonds is 6. The van der Waals surface area contributed by atoms with Gasteiger partial charge in [0, 0.05) is 5.92 Å². The smallest absolute Gasteiger partial charge is 0.338 e. The van der Waals surface area contributed by atoms with E-state index in [9.17, 15) is 17.6 Å². The Morgan fingerprint density at radius 2 is 2.00 bits per heavy atom. The highest BCUT2D eigenvalue weighted by Crippen LogP contribution is 2.26. The van der Waals surface area contributed by atoms with E-state index < -0.39 is 39.9 Å². The molecule has 6 nitrogen and oxygen atoms in total. The van der Waals surface area contributed by atoms with Crippen molar-refractivity contribution in [2.75, 3.05) is 12.4 Å². The van der Waals surface area contributed by atoms with Crippen LogP contribution < -0.4 is 4.74 Å². The van der Waals surface area contributed by atoms with Crippen LogP contribution in [-0.4, -0.2) is 36.9 Å². The average Bonchev–Trinajstić information content (AvgIpc) is 3.07. The highest BCUT2D eigenvalue weighted by Gasteiger charge is 2.21. The van der Waals surface area contributed by atoms with Gasteiger partial charge in [-0.1, -0.05) is 24.7 Å². The van der Waals surface area contributed by atoms with Crippen molar-refractivity contribution in [2.24, 2.45) is 5.92 Å². The van der Waals surface area contributed by atoms with E-state index in [0.717, 1.165) is 31.7 Å². The van der Waals surface area contributed by atoms with E-state index in [1.165, 1.54) is 12.1 Å². The van der Waals surface area contributed by atoms with Gasteiger partial charge in [0.1, 0.15) is 12.4 Å². The molecule has 1 saturated carbocycles. The minimum absolute atomic E-state index is 0.00119. The highest BCUT2D eigenvalue weighted by molar-refractivity contribution is 7.85. The van der Waals surface area contributed by atoms with Crippen LogP contribution in [0, 0.1) is 23.6 Å². The Balaban J connectivity index is 2.06. The Hall–Kier alpha value is -2.11. The minimum Gasteiger partial charge on any atom is -0.472 e. The summed E-state index contributed by atoms with van der Waals surface area (Å²) in [6, 6.07) is 3.45. The zero-order chi connectivity index (χ0) is 20.1. The largest absolute Gasteiger partial charge is 0.472 e. The van der Waals surface area contributed by atoms with Gasteiger partial charge in [-0.25, -0.2) is 9.18 Å². The van der Waals surface area contributed by atoms with Gasteiger partial charge in [0.05, 0.1) is 5.56 Å². The molecule has 27 heavy (non-hydrogen) atoms. The van der Waals surface area contributed by atoms with Gasteiger partial charge in [-0.15, -0.1) is 0 Å². The van der Waals surface area contributed by atoms with E-state index in [0.29, 0.717) is 5.92 Å². The molecule has 1 aliphatic carbocycles. The summed E-state index contributed by atoms with van der Waals surface area (Å²) < 4.78 is 54.4. The zero-order valence-electron chi connectivity index (χ0n) is 15.3. The van der Waals surface area contributed by atoms with Gasteiger partial charge in [0.2, 0.25) is 0 Å². The lowest BCUT2D eigenvalue weighted by Crippen LogP contribution is -2.27. The molecule has 0 atom stereocenters. The molecule has 0 saturated heterocycles. The second-order valence-corrected chi connectivity index (χ2v) is 8.50. The maximum atomic E-state index is 14.1. The Morgan fingerprint density at radius 3 is 2.63 bits per heavy atom. The SMILES string of the molecule is CC(C)(C#CC1CCCC1)Oc1cc(C(=O)OCCS(=O)(=O)O)ccc1F. The summed E-state index contributed by atoms with van der Waals surface area (Å²) in [5, 5.41) is 0. The Morgan fingerprint density at radius 1 is 1.33 bits per heavy atom. The maximum Gasteiger partial charge on any atom is 0.338 e. The van der Waals surface area contributed by atoms with Crippen molar-refractivity contribution in [2.45, 2.75) is 45.1 Å². The topological polar surface area (TPSA) is 89.9 Å². The second kappa shape index (κ2) is 8.72. The van der Waals surface area contributed by atoms with Crippen LogP contribution in [-0.2, 0) is 14.9 Å². The molecule has 2 rings (SSSR count). The third kappa shape index (κ3) is 7.19. The molecule has 1 aromatic carbocycles. The molecule has 0 unspecified atom stereocenters. The molecule has 0 bridgehead atoms. The van der Waals surface area contributed by atoms with Crippen LogP contribution in [0.5, 0.6) is 5.75 Å². The quantitative estimate of drug-likeness (QED) is 0.450. The molecule has 0 amide bonds. The third-order valence-corrected chi connectivity index (χ3v) is 4.72. The first-order chi connectivity index (χ1) is 12.6. The van der Waals surface area contributed by atoms with Crippen molar-refractivity contribution in [1.29, 1.82) is 0 Å². The van der Waals surface area contributed by atoms with Gasteiger partial charge in [0.25, 0.3) is 10.1 Å². The maximum absolute atomic E-state index is 14.1. The van der Waals surface area contributed by atoms with Gasteiger partial charge in [-0.3, -0.25) is 4.55 Å². The van der Waals surface area contributed by atoms with Gasteiger partial charge in [-0.05, 0) is 44.9 Å². The van der Waals surface area contributed by atoms with E-state index in [-0.39, 0.29) is 11.3 Å². The highest BCUT2D eigenvalue weighted by atomic mass is 32.2. The van der Waals surface area contributed by atoms with E-state index in [1.807, 2.05) is 0 Å². The standard InChI is InChI=1S/C19H23FO6S/c1-19(2,10-9-14-5-3-4-6-14)26-17-13-15(7-8-16(17)20)18(21)25-11-12-27(22,23)24/h7-8,13-14H,3-6,11-12H2,1-2H3,(H,22,23,24). The predicted octanol–water partition coefficient (Wildman–Crippen LogP) is 3.22. The van der Waals surface area contributed by atoms with Crippen molar-refractivity contribution in [3.63, 3.8) is 0 Å². The zero-order valence-corrected chi connectivity index (χ0v) is 16.1. The van der Waals surface area contributed by atoms with Gasteiger partial charge >= 0.3 is 5.97 Å². The Kier molecular flexibility index (Phi) is 6.84. The van der Waals surface area contributed by atoms with Crippen LogP contribution in [0.25, 0.3) is 0 Å². The lowest BCUT2D eigenvalue weighted by Gasteiger charge is -2.21. The predicted molar refractivity (Wildman–Crippen MR) is 97.5 cm³/mol. The first-order valence-corrected chi connectivity index (χ1v) is 10.3. The van der Waals surface area contributed by atoms with E-state index in [2.05, 4.69) is 11.8 Å². The molecule has 1 aromatic rings. The summed E-state index contributed by atoms with van der Waals surface area (Å²) in [7, 11) is -4.23. The van der Waals surface area contributed by atoms with Gasteiger partial charge < -0.3 is 9.47 Å². The van der Waals surface area contributed by atoms with Gasteiger partial charge in [-0.2, -0.15) is 8.42 Å². The number of ether oxygens (including phenoxy) is 2. The van der Waals surface area contributed by atoms with Crippen molar-refractivity contribution >= 4 is 16.1 Å². The first-order valence-electron chi connectivity index (χ1n) is 8.69. The van der Waals surface area contributed by atoms with Crippen molar-refractivity contribution in [1.82, 2.24) is 0 Å². The number of halogens is 1. The number of carbonyl (C=O) groups is 1. The molecule has 1 aliphatic rings. The fraction of sp³-hybridized carbons (Fsp3) is 0.526. The summed E-state index contributed by atoms with van der Waals surface area (Å²) in [4.78, 5) is 12.0. The van der Waals surface area contributed by atoms with Gasteiger partial charge in [0.15, 0.2) is 17.2 Å². The number of hydrogen-bond donors (Lipinski definition) is 1. The molecule has 0 radical (unpaired) electrons. The number of carbonyl (C=O) groups excluding carboxylic acids is 1. The summed E-state index contributed by atoms with van der Waals surface area (Å²) in [6.45, 7) is 2.92. The van der Waals surface area contributed by atoms with E-state index in [4.69, 9.17) is 14.0 Å². The molecule has 1 N–H and O–H groups in total. The number of hydrogen-bond acceptors (Lipinski definition) is 5. The molecule has 0 spiro atoms. The summed E-state index contributed by atoms with van der Waals surface area (Å²) in [5.74, 6) is 4.17. The fourth-order valence-electron chi connectivity index (χ4n) is 2.68. The lowest BCUT2D eigenvalue weighted by molar-refractivity contribution is 0.0527. The van der Waals surface area contributed by atoms with Crippen molar-refractivity contribution in [3.8, 4) is 17.6 Å². The Bertz CT molecular complexity index is 845. The van der Waals surface area contributed by atoms with Crippen molar-refractivity contribution in [3.05, 3.63) is 29.6 Å². The first kappa shape index (κ1) is 21.2. The molecular formula is C19H23FO6S. The number of benzene rings is 1. The normalized spacial score (nSPS) is 15.1. The third-order valence-electron chi connectivity index (χ3n) is 4.04. The lowest BCUT2D eigenvalue weighted by atomic mass is 10.1. The van der Waals surface area contributed by atoms with Crippen LogP contribution in [0.3, 0.4) is 0 Å². The van der Waals surface area contributed by atoms with Crippen LogP contribution in [0.2, 0.25) is 0 Å². The number of esters is 1. The summed E-state index contributed by atoms with van der Waals surface area (Å²) >= 11 is 0. The van der Waals surface area contributed by atoms with Crippen LogP contribution in [0.1, 0.15) is 49.9 Å². The monoisotopic (exact) mass is 398 g/mol. The fourth-order valence-corrected chi connectivity index (χ4v) is 2.97. The molecule has 0 aliphatic heterocycles. The van der Waals surface area contributed by atoms with Crippen LogP contribution in [0.4, 0.5) is 4.39 Å². The van der Waals surface area contributed by atoms with Crippen LogP contribution >= 0.6 is 0 Å². The van der Waals surface area contributed by atoms with Crippen LogP contribution in [0.15, 0.2) is 18.2 Å². The molecule has 0 aromatic heterocycles. The molecule has 8 heteroatoms. The minimum atomic E-state index is -4.23. The van der Waals surface area contributed by atoms with Crippen molar-refractivity contribution < 1.29 is 31.6 Å². The summed E-state index contributed by atoms with van der Waals surface area (Å²) in [5.41, 5.74) is -0.946. The Labute approximate surface area is 158 Å². The molecule has 1 fully saturated rings. The molecule has 148 valence electrons. The molecular weight excluding hydrogens is 375 g/mol. The average molecular weight is 398 g/mol. The summed E-state index contributed by atoms with van der Waals surface area (Å²) in [6.07, 6.45) is 4.44. The van der Waals surface area contributed by atoms with E-state index in [1.54, 1.807) is 13.8 Å².